The maximum atomic E-state index is 11.9. The van der Waals surface area contributed by atoms with Gasteiger partial charge >= 0.3 is 5.97 Å². The molecule has 2 rings (SSSR count). The average molecular weight is 281 g/mol. The van der Waals surface area contributed by atoms with Crippen molar-refractivity contribution >= 4 is 23.0 Å². The second kappa shape index (κ2) is 5.97. The van der Waals surface area contributed by atoms with Crippen LogP contribution in [0.25, 0.3) is 0 Å². The number of carbonyl (C=O) groups excluding carboxylic acids is 1. The van der Waals surface area contributed by atoms with Gasteiger partial charge in [0.2, 0.25) is 0 Å². The summed E-state index contributed by atoms with van der Waals surface area (Å²) >= 11 is 0. The molecule has 5 heteroatoms. The highest BCUT2D eigenvalue weighted by atomic mass is 16.5. The minimum Gasteiger partial charge on any atom is -0.465 e. The van der Waals surface area contributed by atoms with Crippen LogP contribution in [-0.4, -0.2) is 20.1 Å². The van der Waals surface area contributed by atoms with E-state index in [-0.39, 0.29) is 0 Å². The van der Waals surface area contributed by atoms with E-state index in [2.05, 4.69) is 6.07 Å². The number of methoxy groups -OCH3 is 1. The molecule has 2 aromatic carbocycles. The van der Waals surface area contributed by atoms with Crippen LogP contribution in [0.3, 0.4) is 0 Å². The van der Waals surface area contributed by atoms with Crippen molar-refractivity contribution in [2.75, 3.05) is 24.8 Å². The van der Waals surface area contributed by atoms with Gasteiger partial charge in [-0.05, 0) is 42.5 Å². The molecule has 0 radical (unpaired) electrons. The molecular formula is C16H15N3O2. The largest absolute Gasteiger partial charge is 0.465 e. The molecule has 0 saturated heterocycles. The first-order valence-corrected chi connectivity index (χ1v) is 6.28. The van der Waals surface area contributed by atoms with Crippen LogP contribution in [0.2, 0.25) is 0 Å². The lowest BCUT2D eigenvalue weighted by Gasteiger charge is -2.22. The third-order valence-corrected chi connectivity index (χ3v) is 3.17. The fourth-order valence-electron chi connectivity index (χ4n) is 2.02. The zero-order chi connectivity index (χ0) is 15.4. The molecule has 0 aliphatic carbocycles. The van der Waals surface area contributed by atoms with Gasteiger partial charge in [-0.25, -0.2) is 4.79 Å². The van der Waals surface area contributed by atoms with Gasteiger partial charge in [-0.15, -0.1) is 0 Å². The first kappa shape index (κ1) is 14.4. The molecule has 0 aliphatic heterocycles. The highest BCUT2D eigenvalue weighted by Gasteiger charge is 2.16. The zero-order valence-electron chi connectivity index (χ0n) is 11.8. The normalized spacial score (nSPS) is 9.76. The Hall–Kier alpha value is -3.00. The SMILES string of the molecule is COC(=O)c1cc(N)ccc1N(C)c1ccc(C#N)cc1. The first-order valence-electron chi connectivity index (χ1n) is 6.28. The standard InChI is InChI=1S/C16H15N3O2/c1-19(13-6-3-11(10-17)4-7-13)15-8-5-12(18)9-14(15)16(20)21-2/h3-9H,18H2,1-2H3. The summed E-state index contributed by atoms with van der Waals surface area (Å²) in [6, 6.07) is 14.2. The van der Waals surface area contributed by atoms with Crippen molar-refractivity contribution in [3.63, 3.8) is 0 Å². The van der Waals surface area contributed by atoms with Crippen molar-refractivity contribution in [1.29, 1.82) is 5.26 Å². The van der Waals surface area contributed by atoms with Crippen LogP contribution in [0.1, 0.15) is 15.9 Å². The number of benzene rings is 2. The molecule has 0 heterocycles. The van der Waals surface area contributed by atoms with Crippen LogP contribution in [0.5, 0.6) is 0 Å². The predicted molar refractivity (Wildman–Crippen MR) is 81.4 cm³/mol. The lowest BCUT2D eigenvalue weighted by molar-refractivity contribution is 0.0601. The van der Waals surface area contributed by atoms with Gasteiger partial charge in [-0.1, -0.05) is 0 Å². The van der Waals surface area contributed by atoms with Crippen LogP contribution >= 0.6 is 0 Å². The highest BCUT2D eigenvalue weighted by molar-refractivity contribution is 5.97. The molecule has 0 bridgehead atoms. The summed E-state index contributed by atoms with van der Waals surface area (Å²) in [4.78, 5) is 13.7. The van der Waals surface area contributed by atoms with Crippen LogP contribution in [-0.2, 0) is 4.74 Å². The fourth-order valence-corrected chi connectivity index (χ4v) is 2.02. The minimum absolute atomic E-state index is 0.393. The molecule has 0 spiro atoms. The molecule has 2 N–H and O–H groups in total. The van der Waals surface area contributed by atoms with Crippen molar-refractivity contribution in [2.24, 2.45) is 0 Å². The summed E-state index contributed by atoms with van der Waals surface area (Å²) in [5, 5.41) is 8.82. The number of nitrogen functional groups attached to an aromatic ring is 1. The van der Waals surface area contributed by atoms with Gasteiger partial charge in [0.15, 0.2) is 0 Å². The summed E-state index contributed by atoms with van der Waals surface area (Å²) < 4.78 is 4.79. The quantitative estimate of drug-likeness (QED) is 0.691. The summed E-state index contributed by atoms with van der Waals surface area (Å²) in [6.07, 6.45) is 0. The second-order valence-electron chi connectivity index (χ2n) is 4.49. The van der Waals surface area contributed by atoms with Crippen molar-refractivity contribution in [3.8, 4) is 6.07 Å². The van der Waals surface area contributed by atoms with Gasteiger partial charge in [-0.2, -0.15) is 5.26 Å². The number of nitriles is 1. The average Bonchev–Trinajstić information content (AvgIpc) is 2.53. The van der Waals surface area contributed by atoms with E-state index in [0.717, 1.165) is 5.69 Å². The van der Waals surface area contributed by atoms with Gasteiger partial charge in [0.05, 0.1) is 30.0 Å². The zero-order valence-corrected chi connectivity index (χ0v) is 11.8. The summed E-state index contributed by atoms with van der Waals surface area (Å²) in [5.41, 5.74) is 8.73. The van der Waals surface area contributed by atoms with E-state index in [1.165, 1.54) is 7.11 Å². The molecule has 0 amide bonds. The topological polar surface area (TPSA) is 79.3 Å². The fraction of sp³-hybridized carbons (Fsp3) is 0.125. The van der Waals surface area contributed by atoms with Crippen LogP contribution in [0.15, 0.2) is 42.5 Å². The highest BCUT2D eigenvalue weighted by Crippen LogP contribution is 2.29. The molecule has 0 aromatic heterocycles. The van der Waals surface area contributed by atoms with Crippen molar-refractivity contribution in [1.82, 2.24) is 0 Å². The van der Waals surface area contributed by atoms with Gasteiger partial charge in [-0.3, -0.25) is 0 Å². The number of carbonyl (C=O) groups is 1. The van der Waals surface area contributed by atoms with Gasteiger partial charge in [0.1, 0.15) is 0 Å². The van der Waals surface area contributed by atoms with E-state index >= 15 is 0 Å². The summed E-state index contributed by atoms with van der Waals surface area (Å²) in [5.74, 6) is -0.446. The number of hydrogen-bond acceptors (Lipinski definition) is 5. The Kier molecular flexibility index (Phi) is 4.10. The number of nitrogens with zero attached hydrogens (tertiary/aromatic N) is 2. The van der Waals surface area contributed by atoms with E-state index in [1.54, 1.807) is 30.3 Å². The molecule has 21 heavy (non-hydrogen) atoms. The van der Waals surface area contributed by atoms with E-state index < -0.39 is 5.97 Å². The first-order chi connectivity index (χ1) is 10.1. The number of hydrogen-bond donors (Lipinski definition) is 1. The number of nitrogens with two attached hydrogens (primary N) is 1. The molecule has 2 aromatic rings. The van der Waals surface area contributed by atoms with E-state index in [0.29, 0.717) is 22.5 Å². The Balaban J connectivity index is 2.44. The van der Waals surface area contributed by atoms with Crippen molar-refractivity contribution in [3.05, 3.63) is 53.6 Å². The number of rotatable bonds is 3. The third kappa shape index (κ3) is 2.95. The Morgan fingerprint density at radius 2 is 1.90 bits per heavy atom. The smallest absolute Gasteiger partial charge is 0.340 e. The summed E-state index contributed by atoms with van der Waals surface area (Å²) in [6.45, 7) is 0. The molecule has 0 atom stereocenters. The molecule has 0 unspecified atom stereocenters. The number of ether oxygens (including phenoxy) is 1. The van der Waals surface area contributed by atoms with E-state index in [4.69, 9.17) is 15.7 Å². The maximum Gasteiger partial charge on any atom is 0.340 e. The van der Waals surface area contributed by atoms with Crippen molar-refractivity contribution in [2.45, 2.75) is 0 Å². The van der Waals surface area contributed by atoms with Gasteiger partial charge < -0.3 is 15.4 Å². The number of anilines is 3. The van der Waals surface area contributed by atoms with Gasteiger partial charge in [0.25, 0.3) is 0 Å². The lowest BCUT2D eigenvalue weighted by atomic mass is 10.1. The maximum absolute atomic E-state index is 11.9. The molecule has 0 saturated carbocycles. The monoisotopic (exact) mass is 281 g/mol. The van der Waals surface area contributed by atoms with Crippen molar-refractivity contribution < 1.29 is 9.53 Å². The lowest BCUT2D eigenvalue weighted by Crippen LogP contribution is -2.15. The Bertz CT molecular complexity index is 702. The minimum atomic E-state index is -0.446. The second-order valence-corrected chi connectivity index (χ2v) is 4.49. The molecule has 0 fully saturated rings. The van der Waals surface area contributed by atoms with E-state index in [1.807, 2.05) is 24.1 Å². The predicted octanol–water partition coefficient (Wildman–Crippen LogP) is 2.69. The van der Waals surface area contributed by atoms with Gasteiger partial charge in [0, 0.05) is 18.4 Å². The van der Waals surface area contributed by atoms with Crippen LogP contribution in [0, 0.1) is 11.3 Å². The molecule has 0 aliphatic rings. The molecule has 5 nitrogen and oxygen atoms in total. The van der Waals surface area contributed by atoms with E-state index in [9.17, 15) is 4.79 Å². The van der Waals surface area contributed by atoms with Crippen LogP contribution in [0.4, 0.5) is 17.1 Å². The number of esters is 1. The third-order valence-electron chi connectivity index (χ3n) is 3.17. The van der Waals surface area contributed by atoms with Crippen LogP contribution < -0.4 is 10.6 Å². The molecular weight excluding hydrogens is 266 g/mol. The Labute approximate surface area is 123 Å². The Morgan fingerprint density at radius 1 is 1.24 bits per heavy atom. The summed E-state index contributed by atoms with van der Waals surface area (Å²) in [7, 11) is 3.16. The molecule has 106 valence electrons. The Morgan fingerprint density at radius 3 is 2.48 bits per heavy atom.